The topological polar surface area (TPSA) is 29.1 Å². The van der Waals surface area contributed by atoms with Gasteiger partial charge in [-0.2, -0.15) is 0 Å². The Morgan fingerprint density at radius 2 is 2.00 bits per heavy atom. The van der Waals surface area contributed by atoms with Crippen molar-refractivity contribution in [1.82, 2.24) is 5.32 Å². The van der Waals surface area contributed by atoms with Gasteiger partial charge in [0.25, 0.3) is 0 Å². The van der Waals surface area contributed by atoms with E-state index >= 15 is 0 Å². The van der Waals surface area contributed by atoms with E-state index in [0.717, 1.165) is 6.42 Å². The summed E-state index contributed by atoms with van der Waals surface area (Å²) in [5.74, 6) is 0.704. The quantitative estimate of drug-likeness (QED) is 0.884. The summed E-state index contributed by atoms with van der Waals surface area (Å²) in [5.41, 5.74) is 3.74. The molecule has 3 atom stereocenters. The molecule has 2 aliphatic heterocycles. The van der Waals surface area contributed by atoms with Crippen LogP contribution in [0.25, 0.3) is 0 Å². The molecule has 3 rings (SSSR count). The van der Waals surface area contributed by atoms with Crippen molar-refractivity contribution in [2.24, 2.45) is 5.92 Å². The fraction of sp³-hybridized carbons (Fsp3) is 0.562. The molecule has 3 unspecified atom stereocenters. The number of Topliss-reactive ketones (excluding diaryl/α,β-unsaturated/α-hetero) is 1. The normalized spacial score (nSPS) is 29.8. The molecule has 96 valence electrons. The first-order chi connectivity index (χ1) is 8.65. The van der Waals surface area contributed by atoms with Gasteiger partial charge in [-0.05, 0) is 49.8 Å². The SMILES string of the molecule is Cc1cccc(C)c1CC(=O)C1CC2CCC1N2. The summed E-state index contributed by atoms with van der Waals surface area (Å²) in [6.45, 7) is 4.21. The number of hydrogen-bond donors (Lipinski definition) is 1. The van der Waals surface area contributed by atoms with Crippen molar-refractivity contribution < 1.29 is 4.79 Å². The lowest BCUT2D eigenvalue weighted by atomic mass is 9.83. The minimum Gasteiger partial charge on any atom is -0.310 e. The van der Waals surface area contributed by atoms with Crippen molar-refractivity contribution >= 4 is 5.78 Å². The molecule has 2 aliphatic rings. The van der Waals surface area contributed by atoms with Crippen molar-refractivity contribution in [1.29, 1.82) is 0 Å². The number of ketones is 1. The van der Waals surface area contributed by atoms with E-state index in [1.165, 1.54) is 29.5 Å². The third-order valence-corrected chi connectivity index (χ3v) is 4.71. The van der Waals surface area contributed by atoms with Crippen LogP contribution in [0, 0.1) is 19.8 Å². The number of fused-ring (bicyclic) bond motifs is 2. The average Bonchev–Trinajstić information content (AvgIpc) is 2.96. The number of rotatable bonds is 3. The zero-order valence-corrected chi connectivity index (χ0v) is 11.2. The summed E-state index contributed by atoms with van der Waals surface area (Å²) in [7, 11) is 0. The van der Waals surface area contributed by atoms with Crippen molar-refractivity contribution in [2.45, 2.75) is 51.6 Å². The first kappa shape index (κ1) is 11.9. The Kier molecular flexibility index (Phi) is 2.98. The van der Waals surface area contributed by atoms with E-state index in [0.29, 0.717) is 24.3 Å². The summed E-state index contributed by atoms with van der Waals surface area (Å²) in [4.78, 5) is 12.5. The molecule has 0 aliphatic carbocycles. The first-order valence-electron chi connectivity index (χ1n) is 6.99. The maximum absolute atomic E-state index is 12.5. The van der Waals surface area contributed by atoms with Gasteiger partial charge in [0.1, 0.15) is 5.78 Å². The molecule has 2 heteroatoms. The van der Waals surface area contributed by atoms with E-state index in [2.05, 4.69) is 37.4 Å². The van der Waals surface area contributed by atoms with E-state index in [9.17, 15) is 4.79 Å². The molecule has 2 bridgehead atoms. The molecular weight excluding hydrogens is 222 g/mol. The van der Waals surface area contributed by atoms with Crippen molar-refractivity contribution in [2.75, 3.05) is 0 Å². The Morgan fingerprint density at radius 3 is 2.56 bits per heavy atom. The lowest BCUT2D eigenvalue weighted by Gasteiger charge is -2.19. The smallest absolute Gasteiger partial charge is 0.141 e. The van der Waals surface area contributed by atoms with Crippen LogP contribution in [0.3, 0.4) is 0 Å². The predicted octanol–water partition coefficient (Wildman–Crippen LogP) is 2.56. The van der Waals surface area contributed by atoms with Gasteiger partial charge in [0.2, 0.25) is 0 Å². The average molecular weight is 243 g/mol. The fourth-order valence-electron chi connectivity index (χ4n) is 3.61. The summed E-state index contributed by atoms with van der Waals surface area (Å²) >= 11 is 0. The van der Waals surface area contributed by atoms with Gasteiger partial charge in [-0.1, -0.05) is 18.2 Å². The Bertz CT molecular complexity index is 460. The monoisotopic (exact) mass is 243 g/mol. The Hall–Kier alpha value is -1.15. The van der Waals surface area contributed by atoms with Crippen LogP contribution in [0.2, 0.25) is 0 Å². The number of benzene rings is 1. The molecular formula is C16H21NO. The van der Waals surface area contributed by atoms with Crippen LogP contribution in [0.5, 0.6) is 0 Å². The van der Waals surface area contributed by atoms with E-state index in [4.69, 9.17) is 0 Å². The Balaban J connectivity index is 1.75. The van der Waals surface area contributed by atoms with Crippen LogP contribution in [-0.2, 0) is 11.2 Å². The molecule has 1 aromatic rings. The van der Waals surface area contributed by atoms with E-state index in [1.807, 2.05) is 0 Å². The van der Waals surface area contributed by atoms with Crippen LogP contribution >= 0.6 is 0 Å². The molecule has 1 aromatic carbocycles. The molecule has 0 spiro atoms. The molecule has 1 N–H and O–H groups in total. The molecule has 2 nitrogen and oxygen atoms in total. The van der Waals surface area contributed by atoms with Crippen LogP contribution in [-0.4, -0.2) is 17.9 Å². The summed E-state index contributed by atoms with van der Waals surface area (Å²) in [5, 5.41) is 3.55. The van der Waals surface area contributed by atoms with Gasteiger partial charge in [-0.15, -0.1) is 0 Å². The molecule has 0 amide bonds. The third kappa shape index (κ3) is 1.99. The number of nitrogens with one attached hydrogen (secondary N) is 1. The van der Waals surface area contributed by atoms with E-state index in [1.54, 1.807) is 0 Å². The van der Waals surface area contributed by atoms with Crippen LogP contribution in [0.4, 0.5) is 0 Å². The molecule has 2 fully saturated rings. The molecule has 2 heterocycles. The van der Waals surface area contributed by atoms with Crippen LogP contribution < -0.4 is 5.32 Å². The standard InChI is InChI=1S/C16H21NO/c1-10-4-3-5-11(2)13(10)9-16(18)14-8-12-6-7-15(14)17-12/h3-5,12,14-15,17H,6-9H2,1-2H3. The molecule has 0 radical (unpaired) electrons. The Labute approximate surface area is 109 Å². The highest BCUT2D eigenvalue weighted by molar-refractivity contribution is 5.85. The molecule has 0 aromatic heterocycles. The van der Waals surface area contributed by atoms with E-state index in [-0.39, 0.29) is 5.92 Å². The fourth-order valence-corrected chi connectivity index (χ4v) is 3.61. The van der Waals surface area contributed by atoms with Crippen LogP contribution in [0.1, 0.15) is 36.0 Å². The van der Waals surface area contributed by atoms with Gasteiger partial charge < -0.3 is 5.32 Å². The zero-order chi connectivity index (χ0) is 12.7. The van der Waals surface area contributed by atoms with Gasteiger partial charge in [0.05, 0.1) is 0 Å². The second kappa shape index (κ2) is 4.51. The maximum Gasteiger partial charge on any atom is 0.141 e. The van der Waals surface area contributed by atoms with Gasteiger partial charge in [-0.3, -0.25) is 4.79 Å². The molecule has 18 heavy (non-hydrogen) atoms. The van der Waals surface area contributed by atoms with E-state index < -0.39 is 0 Å². The predicted molar refractivity (Wildman–Crippen MR) is 72.7 cm³/mol. The first-order valence-corrected chi connectivity index (χ1v) is 6.99. The second-order valence-electron chi connectivity index (χ2n) is 5.90. The van der Waals surface area contributed by atoms with Gasteiger partial charge >= 0.3 is 0 Å². The largest absolute Gasteiger partial charge is 0.310 e. The van der Waals surface area contributed by atoms with Gasteiger partial charge in [-0.25, -0.2) is 0 Å². The van der Waals surface area contributed by atoms with Gasteiger partial charge in [0.15, 0.2) is 0 Å². The maximum atomic E-state index is 12.5. The van der Waals surface area contributed by atoms with Crippen molar-refractivity contribution in [3.8, 4) is 0 Å². The zero-order valence-electron chi connectivity index (χ0n) is 11.2. The highest BCUT2D eigenvalue weighted by Gasteiger charge is 2.42. The Morgan fingerprint density at radius 1 is 1.28 bits per heavy atom. The number of carbonyl (C=O) groups excluding carboxylic acids is 1. The number of aryl methyl sites for hydroxylation is 2. The van der Waals surface area contributed by atoms with Gasteiger partial charge in [0, 0.05) is 24.4 Å². The number of carbonyl (C=O) groups is 1. The number of hydrogen-bond acceptors (Lipinski definition) is 2. The third-order valence-electron chi connectivity index (χ3n) is 4.71. The minimum atomic E-state index is 0.266. The minimum absolute atomic E-state index is 0.266. The van der Waals surface area contributed by atoms with Crippen molar-refractivity contribution in [3.63, 3.8) is 0 Å². The van der Waals surface area contributed by atoms with Crippen molar-refractivity contribution in [3.05, 3.63) is 34.9 Å². The second-order valence-corrected chi connectivity index (χ2v) is 5.90. The highest BCUT2D eigenvalue weighted by Crippen LogP contribution is 2.34. The summed E-state index contributed by atoms with van der Waals surface area (Å²) in [6.07, 6.45) is 4.13. The van der Waals surface area contributed by atoms with Crippen LogP contribution in [0.15, 0.2) is 18.2 Å². The lowest BCUT2D eigenvalue weighted by Crippen LogP contribution is -2.30. The molecule has 0 saturated carbocycles. The lowest BCUT2D eigenvalue weighted by molar-refractivity contribution is -0.122. The highest BCUT2D eigenvalue weighted by atomic mass is 16.1. The summed E-state index contributed by atoms with van der Waals surface area (Å²) in [6, 6.07) is 7.36. The molecule has 2 saturated heterocycles. The summed E-state index contributed by atoms with van der Waals surface area (Å²) < 4.78 is 0.